The number of rotatable bonds is 13. The summed E-state index contributed by atoms with van der Waals surface area (Å²) in [4.78, 5) is 44.5. The van der Waals surface area contributed by atoms with E-state index >= 15 is 0 Å². The Morgan fingerprint density at radius 2 is 0.457 bits per heavy atom. The van der Waals surface area contributed by atoms with Gasteiger partial charge in [0, 0.05) is 130 Å². The maximum absolute atomic E-state index is 5.08. The maximum Gasteiger partial charge on any atom is 0.238 e. The fraction of sp³-hybridized carbons (Fsp3) is 0.0238. The van der Waals surface area contributed by atoms with Gasteiger partial charge in [0.2, 0.25) is 5.95 Å². The fourth-order valence-corrected chi connectivity index (χ4v) is 21.7. The van der Waals surface area contributed by atoms with Crippen molar-refractivity contribution in [3.05, 3.63) is 478 Å². The van der Waals surface area contributed by atoms with E-state index in [9.17, 15) is 0 Å². The standard InChI is InChI=1S/C51H33N5.C39H24N4S.C36H26N4/c1-4-14-34(15-5-1)49-52-50(35-16-6-2-7-17-35)54-51(53-49)36-24-28-40(29-25-36)56-46-23-13-11-21-42(46)44-33-38(27-31-48(44)56)37-26-30-47-43(32-37)41-20-10-12-22-45(41)55(47)39-18-8-3-9-19-39;1-3-11-25(12-4-1)37-40-38(26-13-5-2-6-14-26)42-39(41-37)27-19-21-28(22-20-27)43-33-17-9-7-15-29(33)31-24-36-32(23-34(31)43)30-16-8-10-18-35(30)44-36;1-36(2)29-19-11-9-17-25(29)27-21-28-26-18-10-12-20-31(26)40(32(28)22-30(27)36)35-38-33(23-13-5-3-6-14-23)37-34(39-35)24-15-7-4-8-16-24/h1-33H;1-24H;3-22H,1-2H3. The van der Waals surface area contributed by atoms with Gasteiger partial charge in [-0.25, -0.2) is 34.9 Å². The maximum atomic E-state index is 5.08. The van der Waals surface area contributed by atoms with E-state index in [0.29, 0.717) is 52.5 Å². The van der Waals surface area contributed by atoms with E-state index in [2.05, 4.69) is 317 Å². The van der Waals surface area contributed by atoms with E-state index in [1.165, 1.54) is 119 Å². The Kier molecular flexibility index (Phi) is 20.1. The second-order valence-electron chi connectivity index (χ2n) is 35.9. The molecule has 28 rings (SSSR count). The van der Waals surface area contributed by atoms with Gasteiger partial charge in [-0.1, -0.05) is 341 Å². The van der Waals surface area contributed by atoms with Gasteiger partial charge < -0.3 is 13.7 Å². The zero-order valence-corrected chi connectivity index (χ0v) is 77.0. The molecule has 0 saturated heterocycles. The molecule has 0 saturated carbocycles. The summed E-state index contributed by atoms with van der Waals surface area (Å²) in [6, 6.07) is 164. The zero-order chi connectivity index (χ0) is 92.9. The summed E-state index contributed by atoms with van der Waals surface area (Å²) in [6.07, 6.45) is 0. The van der Waals surface area contributed by atoms with Crippen LogP contribution in [0.3, 0.4) is 0 Å². The molecule has 658 valence electrons. The monoisotopic (exact) mass is 1810 g/mol. The third-order valence-electron chi connectivity index (χ3n) is 27.3. The number of para-hydroxylation sites is 5. The van der Waals surface area contributed by atoms with E-state index in [4.69, 9.17) is 44.9 Å². The first-order valence-corrected chi connectivity index (χ1v) is 48.0. The molecule has 0 radical (unpaired) electrons. The van der Waals surface area contributed by atoms with Crippen LogP contribution in [-0.2, 0) is 5.41 Å². The molecular weight excluding hydrogens is 1730 g/mol. The van der Waals surface area contributed by atoms with Crippen molar-refractivity contribution >= 4 is 119 Å². The minimum absolute atomic E-state index is 0.106. The van der Waals surface area contributed by atoms with Crippen LogP contribution in [0.5, 0.6) is 0 Å². The molecule has 19 aromatic carbocycles. The predicted octanol–water partition coefficient (Wildman–Crippen LogP) is 31.7. The summed E-state index contributed by atoms with van der Waals surface area (Å²) < 4.78 is 11.9. The molecule has 8 aromatic heterocycles. The van der Waals surface area contributed by atoms with Crippen LogP contribution in [0.1, 0.15) is 25.0 Å². The predicted molar refractivity (Wildman–Crippen MR) is 576 cm³/mol. The van der Waals surface area contributed by atoms with E-state index in [-0.39, 0.29) is 5.41 Å². The van der Waals surface area contributed by atoms with Gasteiger partial charge in [0.1, 0.15) is 0 Å². The average molecular weight is 1810 g/mol. The molecule has 0 amide bonds. The topological polar surface area (TPSA) is 136 Å². The summed E-state index contributed by atoms with van der Waals surface area (Å²) in [6.45, 7) is 4.64. The van der Waals surface area contributed by atoms with E-state index < -0.39 is 0 Å². The van der Waals surface area contributed by atoms with Gasteiger partial charge in [-0.3, -0.25) is 4.57 Å². The first-order chi connectivity index (χ1) is 69.2. The van der Waals surface area contributed by atoms with Crippen LogP contribution in [0, 0.1) is 0 Å². The molecular formula is C126H83N13S. The number of hydrogen-bond donors (Lipinski definition) is 0. The molecule has 27 aromatic rings. The van der Waals surface area contributed by atoms with Crippen LogP contribution < -0.4 is 0 Å². The van der Waals surface area contributed by atoms with Crippen molar-refractivity contribution in [1.82, 2.24) is 63.1 Å². The molecule has 0 unspecified atom stereocenters. The summed E-state index contributed by atoms with van der Waals surface area (Å²) in [5.74, 6) is 5.84. The SMILES string of the molecule is CC1(C)c2ccccc2-c2cc3c4ccccc4n(-c4nc(-c5ccccc5)nc(-c5ccccc5)n4)c3cc21.c1ccc(-c2nc(-c3ccccc3)nc(-c3ccc(-n4c5ccccc5c5cc(-c6ccc7c(c6)c6ccccc6n7-c6ccccc6)ccc54)cc3)n2)cc1.c1ccc(-c2nc(-c3ccccc3)nc(-c3ccc(-n4c5ccccc5c5cc6sc7ccccc7c6cc54)cc3)n2)cc1. The first-order valence-electron chi connectivity index (χ1n) is 47.1. The smallest absolute Gasteiger partial charge is 0.238 e. The lowest BCUT2D eigenvalue weighted by Gasteiger charge is -2.21. The largest absolute Gasteiger partial charge is 0.309 e. The van der Waals surface area contributed by atoms with Crippen molar-refractivity contribution < 1.29 is 0 Å². The minimum atomic E-state index is -0.106. The number of aromatic nitrogens is 13. The Balaban J connectivity index is 0.000000110. The normalized spacial score (nSPS) is 12.1. The third kappa shape index (κ3) is 14.4. The molecule has 14 heteroatoms. The molecule has 8 heterocycles. The lowest BCUT2D eigenvalue weighted by molar-refractivity contribution is 0.661. The number of nitrogens with zero attached hydrogens (tertiary/aromatic N) is 13. The molecule has 0 spiro atoms. The second kappa shape index (κ2) is 34.2. The summed E-state index contributed by atoms with van der Waals surface area (Å²) in [7, 11) is 0. The number of fused-ring (bicyclic) bond motifs is 18. The van der Waals surface area contributed by atoms with Crippen molar-refractivity contribution in [2.24, 2.45) is 0 Å². The molecule has 0 bridgehead atoms. The van der Waals surface area contributed by atoms with Crippen LogP contribution >= 0.6 is 11.3 Å². The lowest BCUT2D eigenvalue weighted by Crippen LogP contribution is -2.15. The Labute approximate surface area is 810 Å². The summed E-state index contributed by atoms with van der Waals surface area (Å²) in [5.41, 5.74) is 27.8. The number of benzene rings is 19. The van der Waals surface area contributed by atoms with Crippen LogP contribution in [0.2, 0.25) is 0 Å². The Morgan fingerprint density at radius 1 is 0.171 bits per heavy atom. The zero-order valence-electron chi connectivity index (χ0n) is 76.2. The highest BCUT2D eigenvalue weighted by molar-refractivity contribution is 7.25. The number of thiophene rings is 1. The molecule has 1 aliphatic carbocycles. The van der Waals surface area contributed by atoms with Gasteiger partial charge in [-0.15, -0.1) is 11.3 Å². The highest BCUT2D eigenvalue weighted by Crippen LogP contribution is 2.52. The van der Waals surface area contributed by atoms with E-state index in [0.717, 1.165) is 83.6 Å². The quantitative estimate of drug-likeness (QED) is 0.111. The average Bonchev–Trinajstić information content (AvgIpc) is 1.54. The minimum Gasteiger partial charge on any atom is -0.309 e. The number of hydrogen-bond acceptors (Lipinski definition) is 10. The van der Waals surface area contributed by atoms with Crippen molar-refractivity contribution in [3.8, 4) is 136 Å². The van der Waals surface area contributed by atoms with E-state index in [1.54, 1.807) is 0 Å². The van der Waals surface area contributed by atoms with Gasteiger partial charge in [0.05, 0.1) is 44.1 Å². The van der Waals surface area contributed by atoms with Crippen LogP contribution in [-0.4, -0.2) is 63.1 Å². The highest BCUT2D eigenvalue weighted by atomic mass is 32.1. The molecule has 0 N–H and O–H groups in total. The molecule has 1 aliphatic rings. The molecule has 0 fully saturated rings. The van der Waals surface area contributed by atoms with Crippen molar-refractivity contribution in [2.45, 2.75) is 19.3 Å². The van der Waals surface area contributed by atoms with Gasteiger partial charge in [0.15, 0.2) is 46.6 Å². The van der Waals surface area contributed by atoms with Crippen molar-refractivity contribution in [2.75, 3.05) is 0 Å². The Morgan fingerprint density at radius 3 is 0.864 bits per heavy atom. The van der Waals surface area contributed by atoms with E-state index in [1.807, 2.05) is 193 Å². The van der Waals surface area contributed by atoms with Gasteiger partial charge in [0.25, 0.3) is 0 Å². The van der Waals surface area contributed by atoms with Crippen molar-refractivity contribution in [1.29, 1.82) is 0 Å². The van der Waals surface area contributed by atoms with Crippen LogP contribution in [0.15, 0.2) is 467 Å². The van der Waals surface area contributed by atoms with Gasteiger partial charge in [-0.2, -0.15) is 9.97 Å². The molecule has 13 nitrogen and oxygen atoms in total. The highest BCUT2D eigenvalue weighted by Gasteiger charge is 2.37. The van der Waals surface area contributed by atoms with Crippen LogP contribution in [0.4, 0.5) is 0 Å². The van der Waals surface area contributed by atoms with Crippen LogP contribution in [0.25, 0.3) is 244 Å². The lowest BCUT2D eigenvalue weighted by atomic mass is 9.82. The fourth-order valence-electron chi connectivity index (χ4n) is 20.6. The van der Waals surface area contributed by atoms with Gasteiger partial charge in [-0.05, 0) is 173 Å². The third-order valence-corrected chi connectivity index (χ3v) is 28.4. The molecule has 0 atom stereocenters. The molecule has 140 heavy (non-hydrogen) atoms. The summed E-state index contributed by atoms with van der Waals surface area (Å²) in [5, 5.41) is 12.4. The van der Waals surface area contributed by atoms with Crippen molar-refractivity contribution in [3.63, 3.8) is 0 Å². The Hall–Kier alpha value is -18.4. The van der Waals surface area contributed by atoms with Gasteiger partial charge >= 0.3 is 0 Å². The second-order valence-corrected chi connectivity index (χ2v) is 37.0. The summed E-state index contributed by atoms with van der Waals surface area (Å²) >= 11 is 1.86. The Bertz CT molecular complexity index is 9320. The molecule has 0 aliphatic heterocycles. The first kappa shape index (κ1) is 82.3.